The fourth-order valence-electron chi connectivity index (χ4n) is 2.18. The number of aromatic nitrogens is 1. The van der Waals surface area contributed by atoms with Crippen LogP contribution in [0, 0.1) is 5.82 Å². The van der Waals surface area contributed by atoms with Gasteiger partial charge in [-0.25, -0.2) is 9.37 Å². The highest BCUT2D eigenvalue weighted by Gasteiger charge is 2.25. The Kier molecular flexibility index (Phi) is 4.16. The van der Waals surface area contributed by atoms with Gasteiger partial charge in [-0.15, -0.1) is 0 Å². The van der Waals surface area contributed by atoms with Gasteiger partial charge in [0.15, 0.2) is 11.0 Å². The molecule has 0 fully saturated rings. The van der Waals surface area contributed by atoms with Crippen LogP contribution in [0.3, 0.4) is 0 Å². The lowest BCUT2D eigenvalue weighted by atomic mass is 10.1. The smallest absolute Gasteiger partial charge is 0.325 e. The quantitative estimate of drug-likeness (QED) is 0.704. The van der Waals surface area contributed by atoms with Crippen molar-refractivity contribution in [3.05, 3.63) is 66.3 Å². The fraction of sp³-hybridized carbons (Fsp3) is 0.0588. The molecule has 6 heteroatoms. The van der Waals surface area contributed by atoms with E-state index < -0.39 is 17.0 Å². The van der Waals surface area contributed by atoms with Crippen molar-refractivity contribution in [1.82, 2.24) is 4.98 Å². The summed E-state index contributed by atoms with van der Waals surface area (Å²) in [6.07, 6.45) is 0. The number of rotatable bonds is 4. The lowest BCUT2D eigenvalue weighted by Gasteiger charge is -2.01. The van der Waals surface area contributed by atoms with Crippen molar-refractivity contribution in [2.45, 2.75) is 5.25 Å². The number of benzene rings is 2. The molecule has 1 N–H and O–H groups in total. The largest absolute Gasteiger partial charge is 0.480 e. The zero-order valence-corrected chi connectivity index (χ0v) is 12.7. The van der Waals surface area contributed by atoms with Gasteiger partial charge in [0.25, 0.3) is 0 Å². The highest BCUT2D eigenvalue weighted by Crippen LogP contribution is 2.35. The van der Waals surface area contributed by atoms with Crippen LogP contribution in [0.25, 0.3) is 22.6 Å². The number of carbonyl (C=O) groups is 1. The molecule has 3 rings (SSSR count). The van der Waals surface area contributed by atoms with Crippen LogP contribution in [0.1, 0.15) is 11.1 Å². The van der Waals surface area contributed by atoms with Gasteiger partial charge in [-0.05, 0) is 12.1 Å². The predicted octanol–water partition coefficient (Wildman–Crippen LogP) is 4.20. The summed E-state index contributed by atoms with van der Waals surface area (Å²) < 4.78 is 19.1. The Labute approximate surface area is 137 Å². The van der Waals surface area contributed by atoms with E-state index in [1.807, 2.05) is 30.3 Å². The van der Waals surface area contributed by atoms with Crippen LogP contribution in [-0.4, -0.2) is 16.1 Å². The van der Waals surface area contributed by atoms with Gasteiger partial charge in [0.05, 0.1) is 0 Å². The Morgan fingerprint density at radius 2 is 1.83 bits per heavy atom. The lowest BCUT2D eigenvalue weighted by Crippen LogP contribution is -2.05. The van der Waals surface area contributed by atoms with Gasteiger partial charge in [-0.3, -0.25) is 4.79 Å². The number of aliphatic carboxylic acids is 1. The standard InChI is InChI=1S/C17H12FNO3S/c18-12-8-4-7-11(9-12)14-13(10-5-2-1-3-6-10)19-16(22-14)15(23)17(20)21/h1-9,15,23H,(H,20,21). The molecule has 2 aromatic carbocycles. The zero-order valence-electron chi connectivity index (χ0n) is 11.8. The summed E-state index contributed by atoms with van der Waals surface area (Å²) in [5, 5.41) is 7.89. The Morgan fingerprint density at radius 3 is 2.48 bits per heavy atom. The Balaban J connectivity index is 2.18. The number of halogens is 1. The van der Waals surface area contributed by atoms with Crippen molar-refractivity contribution >= 4 is 18.6 Å². The van der Waals surface area contributed by atoms with Gasteiger partial charge in [-0.2, -0.15) is 12.6 Å². The average Bonchev–Trinajstić information content (AvgIpc) is 3.00. The van der Waals surface area contributed by atoms with Crippen molar-refractivity contribution in [2.24, 2.45) is 0 Å². The molecule has 1 heterocycles. The van der Waals surface area contributed by atoms with Crippen molar-refractivity contribution in [3.63, 3.8) is 0 Å². The van der Waals surface area contributed by atoms with Gasteiger partial charge in [-0.1, -0.05) is 42.5 Å². The van der Waals surface area contributed by atoms with Gasteiger partial charge in [0, 0.05) is 11.1 Å². The summed E-state index contributed by atoms with van der Waals surface area (Å²) in [7, 11) is 0. The van der Waals surface area contributed by atoms with Crippen LogP contribution in [0.5, 0.6) is 0 Å². The molecule has 0 aliphatic rings. The first kappa shape index (κ1) is 15.3. The molecule has 0 radical (unpaired) electrons. The monoisotopic (exact) mass is 329 g/mol. The number of carboxylic acid groups (broad SMARTS) is 1. The first-order valence-electron chi connectivity index (χ1n) is 6.79. The molecule has 0 saturated heterocycles. The Bertz CT molecular complexity index is 848. The maximum atomic E-state index is 13.5. The number of carboxylic acids is 1. The molecule has 1 aromatic heterocycles. The molecular formula is C17H12FNO3S. The summed E-state index contributed by atoms with van der Waals surface area (Å²) in [5.41, 5.74) is 1.67. The van der Waals surface area contributed by atoms with E-state index in [9.17, 15) is 9.18 Å². The fourth-order valence-corrected chi connectivity index (χ4v) is 2.29. The van der Waals surface area contributed by atoms with Gasteiger partial charge in [0.1, 0.15) is 11.5 Å². The highest BCUT2D eigenvalue weighted by atomic mass is 32.1. The molecule has 0 saturated carbocycles. The van der Waals surface area contributed by atoms with E-state index in [2.05, 4.69) is 17.6 Å². The number of oxazole rings is 1. The van der Waals surface area contributed by atoms with Crippen molar-refractivity contribution in [2.75, 3.05) is 0 Å². The van der Waals surface area contributed by atoms with Crippen LogP contribution in [0.15, 0.2) is 59.0 Å². The Morgan fingerprint density at radius 1 is 1.13 bits per heavy atom. The molecule has 0 amide bonds. The molecule has 0 aliphatic carbocycles. The van der Waals surface area contributed by atoms with Crippen molar-refractivity contribution < 1.29 is 18.7 Å². The molecular weight excluding hydrogens is 317 g/mol. The molecule has 1 unspecified atom stereocenters. The normalized spacial score (nSPS) is 12.1. The molecule has 0 spiro atoms. The topological polar surface area (TPSA) is 63.3 Å². The zero-order chi connectivity index (χ0) is 16.4. The third-order valence-corrected chi connectivity index (χ3v) is 3.69. The third kappa shape index (κ3) is 3.12. The molecule has 116 valence electrons. The second kappa shape index (κ2) is 6.26. The minimum absolute atomic E-state index is 0.0426. The molecule has 4 nitrogen and oxygen atoms in total. The molecule has 3 aromatic rings. The van der Waals surface area contributed by atoms with E-state index in [0.717, 1.165) is 5.56 Å². The van der Waals surface area contributed by atoms with E-state index in [1.54, 1.807) is 12.1 Å². The average molecular weight is 329 g/mol. The van der Waals surface area contributed by atoms with E-state index in [0.29, 0.717) is 17.0 Å². The third-order valence-electron chi connectivity index (χ3n) is 3.25. The number of thiol groups is 1. The van der Waals surface area contributed by atoms with E-state index in [1.165, 1.54) is 12.1 Å². The van der Waals surface area contributed by atoms with Gasteiger partial charge < -0.3 is 9.52 Å². The first-order valence-corrected chi connectivity index (χ1v) is 7.31. The highest BCUT2D eigenvalue weighted by molar-refractivity contribution is 7.81. The molecule has 0 bridgehead atoms. The second-order valence-corrected chi connectivity index (χ2v) is 5.36. The first-order chi connectivity index (χ1) is 11.1. The van der Waals surface area contributed by atoms with Gasteiger partial charge in [0.2, 0.25) is 5.89 Å². The van der Waals surface area contributed by atoms with E-state index in [-0.39, 0.29) is 5.89 Å². The van der Waals surface area contributed by atoms with E-state index >= 15 is 0 Å². The van der Waals surface area contributed by atoms with Crippen LogP contribution < -0.4 is 0 Å². The van der Waals surface area contributed by atoms with Crippen molar-refractivity contribution in [1.29, 1.82) is 0 Å². The number of hydrogen-bond acceptors (Lipinski definition) is 4. The predicted molar refractivity (Wildman–Crippen MR) is 86.7 cm³/mol. The van der Waals surface area contributed by atoms with Crippen molar-refractivity contribution in [3.8, 4) is 22.6 Å². The van der Waals surface area contributed by atoms with Crippen LogP contribution >= 0.6 is 12.6 Å². The lowest BCUT2D eigenvalue weighted by molar-refractivity contribution is -0.136. The maximum Gasteiger partial charge on any atom is 0.325 e. The summed E-state index contributed by atoms with van der Waals surface area (Å²) in [6.45, 7) is 0. The molecule has 23 heavy (non-hydrogen) atoms. The summed E-state index contributed by atoms with van der Waals surface area (Å²) in [4.78, 5) is 15.4. The van der Waals surface area contributed by atoms with Crippen LogP contribution in [-0.2, 0) is 4.79 Å². The van der Waals surface area contributed by atoms with Crippen LogP contribution in [0.2, 0.25) is 0 Å². The van der Waals surface area contributed by atoms with Gasteiger partial charge >= 0.3 is 5.97 Å². The van der Waals surface area contributed by atoms with E-state index in [4.69, 9.17) is 9.52 Å². The second-order valence-electron chi connectivity index (χ2n) is 4.85. The SMILES string of the molecule is O=C(O)C(S)c1nc(-c2ccccc2)c(-c2cccc(F)c2)o1. The summed E-state index contributed by atoms with van der Waals surface area (Å²) >= 11 is 3.99. The minimum Gasteiger partial charge on any atom is -0.480 e. The summed E-state index contributed by atoms with van der Waals surface area (Å²) in [5.74, 6) is -1.31. The molecule has 0 aliphatic heterocycles. The summed E-state index contributed by atoms with van der Waals surface area (Å²) in [6, 6.07) is 15.0. The Hall–Kier alpha value is -2.60. The van der Waals surface area contributed by atoms with Crippen LogP contribution in [0.4, 0.5) is 4.39 Å². The number of hydrogen-bond donors (Lipinski definition) is 2. The molecule has 1 atom stereocenters. The minimum atomic E-state index is -1.19. The number of nitrogens with zero attached hydrogens (tertiary/aromatic N) is 1. The maximum absolute atomic E-state index is 13.5.